The molecular formula is C17H34. The summed E-state index contributed by atoms with van der Waals surface area (Å²) < 4.78 is 0. The van der Waals surface area contributed by atoms with Crippen LogP contribution in [0.4, 0.5) is 0 Å². The van der Waals surface area contributed by atoms with Gasteiger partial charge < -0.3 is 0 Å². The van der Waals surface area contributed by atoms with Crippen LogP contribution < -0.4 is 0 Å². The molecule has 1 rings (SSSR count). The van der Waals surface area contributed by atoms with Crippen LogP contribution in [0.3, 0.4) is 0 Å². The highest BCUT2D eigenvalue weighted by molar-refractivity contribution is 4.77. The van der Waals surface area contributed by atoms with Crippen molar-refractivity contribution in [3.63, 3.8) is 0 Å². The second kappa shape index (κ2) is 6.81. The zero-order valence-corrected chi connectivity index (χ0v) is 12.9. The van der Waals surface area contributed by atoms with Crippen LogP contribution in [0.5, 0.6) is 0 Å². The van der Waals surface area contributed by atoms with E-state index < -0.39 is 0 Å². The van der Waals surface area contributed by atoms with Crippen molar-refractivity contribution in [2.24, 2.45) is 23.2 Å². The quantitative estimate of drug-likeness (QED) is 0.546. The topological polar surface area (TPSA) is 0 Å². The van der Waals surface area contributed by atoms with Crippen molar-refractivity contribution < 1.29 is 0 Å². The maximum Gasteiger partial charge on any atom is -0.0383 e. The summed E-state index contributed by atoms with van der Waals surface area (Å²) in [4.78, 5) is 0. The Morgan fingerprint density at radius 2 is 1.65 bits per heavy atom. The lowest BCUT2D eigenvalue weighted by Crippen LogP contribution is -2.21. The Balaban J connectivity index is 2.21. The van der Waals surface area contributed by atoms with Crippen molar-refractivity contribution in [2.75, 3.05) is 0 Å². The molecular weight excluding hydrogens is 204 g/mol. The predicted molar refractivity (Wildman–Crippen MR) is 78.2 cm³/mol. The van der Waals surface area contributed by atoms with Crippen molar-refractivity contribution in [2.45, 2.75) is 86.0 Å². The first-order chi connectivity index (χ1) is 7.92. The summed E-state index contributed by atoms with van der Waals surface area (Å²) in [5.41, 5.74) is 0.534. The fourth-order valence-electron chi connectivity index (χ4n) is 3.37. The van der Waals surface area contributed by atoms with E-state index in [9.17, 15) is 0 Å². The Hall–Kier alpha value is 0. The van der Waals surface area contributed by atoms with Gasteiger partial charge in [-0.05, 0) is 48.9 Å². The van der Waals surface area contributed by atoms with E-state index in [1.165, 1.54) is 51.4 Å². The van der Waals surface area contributed by atoms with Gasteiger partial charge in [-0.1, -0.05) is 60.3 Å². The lowest BCUT2D eigenvalue weighted by molar-refractivity contribution is 0.186. The zero-order chi connectivity index (χ0) is 12.9. The lowest BCUT2D eigenvalue weighted by atomic mass is 9.73. The van der Waals surface area contributed by atoms with Crippen LogP contribution in [0.1, 0.15) is 86.0 Å². The van der Waals surface area contributed by atoms with Crippen molar-refractivity contribution in [3.8, 4) is 0 Å². The monoisotopic (exact) mass is 238 g/mol. The molecule has 0 amide bonds. The van der Waals surface area contributed by atoms with Crippen LogP contribution in [0, 0.1) is 23.2 Å². The maximum atomic E-state index is 2.48. The molecule has 0 aliphatic heterocycles. The van der Waals surface area contributed by atoms with Gasteiger partial charge in [0.1, 0.15) is 0 Å². The highest BCUT2D eigenvalue weighted by Gasteiger charge is 2.25. The summed E-state index contributed by atoms with van der Waals surface area (Å²) in [6, 6.07) is 0. The Bertz CT molecular complexity index is 191. The average molecular weight is 238 g/mol. The van der Waals surface area contributed by atoms with Gasteiger partial charge >= 0.3 is 0 Å². The van der Waals surface area contributed by atoms with Crippen molar-refractivity contribution in [1.29, 1.82) is 0 Å². The molecule has 0 heterocycles. The van der Waals surface area contributed by atoms with E-state index in [0.29, 0.717) is 5.41 Å². The molecule has 0 aromatic carbocycles. The number of hydrogen-bond acceptors (Lipinski definition) is 0. The van der Waals surface area contributed by atoms with Gasteiger partial charge in [-0.25, -0.2) is 0 Å². The molecule has 0 heteroatoms. The third-order valence-electron chi connectivity index (χ3n) is 4.74. The van der Waals surface area contributed by atoms with Gasteiger partial charge in [0.15, 0.2) is 0 Å². The van der Waals surface area contributed by atoms with Gasteiger partial charge in [-0.15, -0.1) is 0 Å². The Kier molecular flexibility index (Phi) is 6.03. The largest absolute Gasteiger partial charge is 0.0654 e. The van der Waals surface area contributed by atoms with Gasteiger partial charge in [0.05, 0.1) is 0 Å². The first-order valence-electron chi connectivity index (χ1n) is 7.92. The van der Waals surface area contributed by atoms with Crippen molar-refractivity contribution in [3.05, 3.63) is 0 Å². The van der Waals surface area contributed by atoms with Gasteiger partial charge in [0.25, 0.3) is 0 Å². The van der Waals surface area contributed by atoms with Crippen LogP contribution in [-0.4, -0.2) is 0 Å². The molecule has 1 atom stereocenters. The first kappa shape index (κ1) is 15.1. The minimum Gasteiger partial charge on any atom is -0.0654 e. The summed E-state index contributed by atoms with van der Waals surface area (Å²) in [7, 11) is 0. The van der Waals surface area contributed by atoms with E-state index in [-0.39, 0.29) is 0 Å². The summed E-state index contributed by atoms with van der Waals surface area (Å²) in [5.74, 6) is 3.06. The highest BCUT2D eigenvalue weighted by atomic mass is 14.3. The molecule has 1 saturated carbocycles. The van der Waals surface area contributed by atoms with E-state index in [0.717, 1.165) is 17.8 Å². The number of hydrogen-bond donors (Lipinski definition) is 0. The predicted octanol–water partition coefficient (Wildman–Crippen LogP) is 6.06. The van der Waals surface area contributed by atoms with Crippen LogP contribution in [0.15, 0.2) is 0 Å². The molecule has 0 bridgehead atoms. The summed E-state index contributed by atoms with van der Waals surface area (Å²) in [6.45, 7) is 11.9. The fourth-order valence-corrected chi connectivity index (χ4v) is 3.37. The van der Waals surface area contributed by atoms with Crippen molar-refractivity contribution >= 4 is 0 Å². The van der Waals surface area contributed by atoms with Gasteiger partial charge in [0.2, 0.25) is 0 Å². The molecule has 0 saturated heterocycles. The molecule has 1 unspecified atom stereocenters. The standard InChI is InChI=1S/C17H34/c1-6-7-14(2)16-10-8-15(9-11-16)12-13-17(3,4)5/h14-16H,6-13H2,1-5H3. The third kappa shape index (κ3) is 5.93. The Morgan fingerprint density at radius 1 is 1.06 bits per heavy atom. The summed E-state index contributed by atoms with van der Waals surface area (Å²) in [5, 5.41) is 0. The van der Waals surface area contributed by atoms with Crippen molar-refractivity contribution in [1.82, 2.24) is 0 Å². The molecule has 1 fully saturated rings. The van der Waals surface area contributed by atoms with E-state index in [4.69, 9.17) is 0 Å². The van der Waals surface area contributed by atoms with Gasteiger partial charge in [-0.2, -0.15) is 0 Å². The van der Waals surface area contributed by atoms with E-state index in [2.05, 4.69) is 34.6 Å². The maximum absolute atomic E-state index is 2.48. The molecule has 0 spiro atoms. The molecule has 102 valence electrons. The van der Waals surface area contributed by atoms with Crippen LogP contribution >= 0.6 is 0 Å². The molecule has 17 heavy (non-hydrogen) atoms. The van der Waals surface area contributed by atoms with E-state index >= 15 is 0 Å². The zero-order valence-electron chi connectivity index (χ0n) is 12.9. The molecule has 0 radical (unpaired) electrons. The summed E-state index contributed by atoms with van der Waals surface area (Å²) in [6.07, 6.45) is 11.7. The molecule has 0 aromatic heterocycles. The lowest BCUT2D eigenvalue weighted by Gasteiger charge is -2.33. The normalized spacial score (nSPS) is 28.1. The first-order valence-corrected chi connectivity index (χ1v) is 7.92. The minimum absolute atomic E-state index is 0.534. The van der Waals surface area contributed by atoms with Crippen LogP contribution in [0.2, 0.25) is 0 Å². The van der Waals surface area contributed by atoms with Crippen LogP contribution in [0.25, 0.3) is 0 Å². The minimum atomic E-state index is 0.534. The number of rotatable bonds is 5. The van der Waals surface area contributed by atoms with Crippen LogP contribution in [-0.2, 0) is 0 Å². The molecule has 0 nitrogen and oxygen atoms in total. The Morgan fingerprint density at radius 3 is 2.12 bits per heavy atom. The third-order valence-corrected chi connectivity index (χ3v) is 4.74. The average Bonchev–Trinajstić information content (AvgIpc) is 2.26. The van der Waals surface area contributed by atoms with Gasteiger partial charge in [-0.3, -0.25) is 0 Å². The fraction of sp³-hybridized carbons (Fsp3) is 1.00. The van der Waals surface area contributed by atoms with E-state index in [1.807, 2.05) is 0 Å². The van der Waals surface area contributed by atoms with E-state index in [1.54, 1.807) is 0 Å². The Labute approximate surface area is 110 Å². The smallest absolute Gasteiger partial charge is 0.0383 e. The SMILES string of the molecule is CCCC(C)C1CCC(CCC(C)(C)C)CC1. The molecule has 0 N–H and O–H groups in total. The second-order valence-corrected chi connectivity index (χ2v) is 7.65. The molecule has 0 aromatic rings. The molecule has 1 aliphatic carbocycles. The highest BCUT2D eigenvalue weighted by Crippen LogP contribution is 2.38. The van der Waals surface area contributed by atoms with Gasteiger partial charge in [0, 0.05) is 0 Å². The second-order valence-electron chi connectivity index (χ2n) is 7.65. The summed E-state index contributed by atoms with van der Waals surface area (Å²) >= 11 is 0. The molecule has 1 aliphatic rings.